The van der Waals surface area contributed by atoms with Crippen molar-refractivity contribution >= 4 is 28.6 Å². The lowest BCUT2D eigenvalue weighted by Crippen LogP contribution is -2.42. The smallest absolute Gasteiger partial charge is 0.328 e. The van der Waals surface area contributed by atoms with Gasteiger partial charge in [0.15, 0.2) is 0 Å². The molecule has 11 heteroatoms. The molecule has 0 saturated carbocycles. The number of aliphatic hydroxyl groups excluding tert-OH is 2. The zero-order chi connectivity index (χ0) is 21.6. The molecule has 0 bridgehead atoms. The number of carbonyl (C=O) groups is 1. The summed E-state index contributed by atoms with van der Waals surface area (Å²) in [5.74, 6) is -0.332. The first kappa shape index (κ1) is 26.2. The van der Waals surface area contributed by atoms with Crippen molar-refractivity contribution in [2.24, 2.45) is 0 Å². The van der Waals surface area contributed by atoms with Crippen LogP contribution in [0.15, 0.2) is 6.20 Å². The zero-order valence-corrected chi connectivity index (χ0v) is 19.8. The summed E-state index contributed by atoms with van der Waals surface area (Å²) in [6.07, 6.45) is 1.00. The van der Waals surface area contributed by atoms with Gasteiger partial charge in [0.2, 0.25) is 0 Å². The second kappa shape index (κ2) is 15.0. The first-order valence-electron chi connectivity index (χ1n) is 9.96. The molecule has 0 spiro atoms. The minimum atomic E-state index is -0.399. The number of rotatable bonds is 16. The molecule has 1 heterocycles. The minimum Gasteiger partial charge on any atom is -0.454 e. The molecule has 0 amide bonds. The third-order valence-electron chi connectivity index (χ3n) is 4.22. The average Bonchev–Trinajstić information content (AvgIpc) is 3.08. The molecule has 1 aromatic heterocycles. The van der Waals surface area contributed by atoms with E-state index in [0.29, 0.717) is 24.2 Å². The summed E-state index contributed by atoms with van der Waals surface area (Å²) >= 11 is 1.98. The highest BCUT2D eigenvalue weighted by Gasteiger charge is 2.13. The molecule has 2 atom stereocenters. The molecule has 10 nitrogen and oxygen atoms in total. The summed E-state index contributed by atoms with van der Waals surface area (Å²) in [4.78, 5) is 16.0. The Kier molecular flexibility index (Phi) is 13.6. The van der Waals surface area contributed by atoms with Crippen LogP contribution in [0.1, 0.15) is 26.5 Å². The molecule has 0 aliphatic heterocycles. The maximum absolute atomic E-state index is 11.5. The van der Waals surface area contributed by atoms with Crippen LogP contribution in [0.2, 0.25) is 0 Å². The van der Waals surface area contributed by atoms with Gasteiger partial charge in [0.1, 0.15) is 11.2 Å². The molecule has 0 aliphatic carbocycles. The van der Waals surface area contributed by atoms with E-state index in [4.69, 9.17) is 4.74 Å². The Balaban J connectivity index is 2.48. The van der Waals surface area contributed by atoms with Crippen molar-refractivity contribution in [2.75, 3.05) is 50.4 Å². The van der Waals surface area contributed by atoms with Crippen molar-refractivity contribution in [3.05, 3.63) is 11.9 Å². The van der Waals surface area contributed by atoms with E-state index in [1.807, 2.05) is 22.6 Å². The molecule has 0 fully saturated rings. The number of hydrogen-bond acceptors (Lipinski definition) is 9. The van der Waals surface area contributed by atoms with E-state index in [1.165, 1.54) is 4.68 Å². The molecule has 1 rings (SSSR count). The Labute approximate surface area is 186 Å². The summed E-state index contributed by atoms with van der Waals surface area (Å²) in [6, 6.07) is 0. The predicted molar refractivity (Wildman–Crippen MR) is 119 cm³/mol. The molecule has 0 saturated heterocycles. The van der Waals surface area contributed by atoms with Gasteiger partial charge in [0, 0.05) is 45.8 Å². The van der Waals surface area contributed by atoms with Crippen molar-refractivity contribution in [1.29, 1.82) is 0 Å². The van der Waals surface area contributed by atoms with Gasteiger partial charge in [-0.15, -0.1) is 5.10 Å². The monoisotopic (exact) mass is 526 g/mol. The van der Waals surface area contributed by atoms with Crippen molar-refractivity contribution in [1.82, 2.24) is 30.1 Å². The maximum atomic E-state index is 11.5. The third kappa shape index (κ3) is 12.4. The number of hydrogen-bond donors (Lipinski definition) is 3. The molecule has 0 aliphatic rings. The van der Waals surface area contributed by atoms with Crippen LogP contribution < -0.4 is 5.32 Å². The average molecular weight is 526 g/mol. The number of carbonyl (C=O) groups excluding carboxylic acids is 1. The number of nitrogens with one attached hydrogen (secondary N) is 1. The van der Waals surface area contributed by atoms with E-state index >= 15 is 0 Å². The van der Waals surface area contributed by atoms with Crippen molar-refractivity contribution in [2.45, 2.75) is 46.1 Å². The highest BCUT2D eigenvalue weighted by Crippen LogP contribution is 2.03. The standard InChI is InChI=1S/C18H35IN6O4/c1-4-23(11-17-12-25(22-21-17)13-18(28)29-14-19)7-8-24(10-16(3)27)6-5-20-9-15(2)26/h12,15-16,20,26-27H,4-11,13-14H2,1-3H3/t15-,16?/m0/s1. The van der Waals surface area contributed by atoms with Crippen LogP contribution in [-0.2, 0) is 22.6 Å². The van der Waals surface area contributed by atoms with Crippen LogP contribution >= 0.6 is 22.6 Å². The Morgan fingerprint density at radius 1 is 1.28 bits per heavy atom. The topological polar surface area (TPSA) is 116 Å². The van der Waals surface area contributed by atoms with E-state index in [9.17, 15) is 15.0 Å². The zero-order valence-electron chi connectivity index (χ0n) is 17.6. The number of aliphatic hydroxyl groups is 2. The van der Waals surface area contributed by atoms with E-state index in [2.05, 4.69) is 32.4 Å². The third-order valence-corrected chi connectivity index (χ3v) is 4.54. The van der Waals surface area contributed by atoms with Gasteiger partial charge in [0.05, 0.1) is 24.1 Å². The Morgan fingerprint density at radius 3 is 2.62 bits per heavy atom. The van der Waals surface area contributed by atoms with Crippen LogP contribution in [0.25, 0.3) is 0 Å². The van der Waals surface area contributed by atoms with Crippen LogP contribution in [0.4, 0.5) is 0 Å². The number of esters is 1. The molecule has 3 N–H and O–H groups in total. The fourth-order valence-electron chi connectivity index (χ4n) is 2.80. The molecule has 168 valence electrons. The van der Waals surface area contributed by atoms with Gasteiger partial charge < -0.3 is 20.3 Å². The molecule has 0 aromatic carbocycles. The normalized spacial score (nSPS) is 13.8. The SMILES string of the molecule is CCN(CCN(CCNC[C@H](C)O)CC(C)O)Cc1cn(CC(=O)OCI)nn1. The maximum Gasteiger partial charge on any atom is 0.328 e. The fraction of sp³-hybridized carbons (Fsp3) is 0.833. The largest absolute Gasteiger partial charge is 0.454 e. The molecular weight excluding hydrogens is 491 g/mol. The van der Waals surface area contributed by atoms with Crippen molar-refractivity contribution in [3.63, 3.8) is 0 Å². The summed E-state index contributed by atoms with van der Waals surface area (Å²) < 4.78 is 6.72. The summed E-state index contributed by atoms with van der Waals surface area (Å²) in [5, 5.41) is 30.4. The first-order valence-corrected chi connectivity index (χ1v) is 11.5. The Morgan fingerprint density at radius 2 is 2.00 bits per heavy atom. The second-order valence-electron chi connectivity index (χ2n) is 7.10. The van der Waals surface area contributed by atoms with Crippen LogP contribution in [0.5, 0.6) is 0 Å². The minimum absolute atomic E-state index is 0.0593. The van der Waals surface area contributed by atoms with Gasteiger partial charge in [0.25, 0.3) is 0 Å². The van der Waals surface area contributed by atoms with Crippen molar-refractivity contribution < 1.29 is 19.7 Å². The predicted octanol–water partition coefficient (Wildman–Crippen LogP) is -0.311. The highest BCUT2D eigenvalue weighted by molar-refractivity contribution is 14.1. The van der Waals surface area contributed by atoms with Crippen LogP contribution in [0.3, 0.4) is 0 Å². The van der Waals surface area contributed by atoms with E-state index in [-0.39, 0.29) is 18.6 Å². The molecular formula is C18H35IN6O4. The first-order chi connectivity index (χ1) is 13.8. The van der Waals surface area contributed by atoms with Crippen LogP contribution in [0, 0.1) is 0 Å². The number of likely N-dealkylation sites (N-methyl/N-ethyl adjacent to an activating group) is 1. The van der Waals surface area contributed by atoms with E-state index < -0.39 is 6.10 Å². The van der Waals surface area contributed by atoms with Gasteiger partial charge in [-0.3, -0.25) is 14.6 Å². The quantitative estimate of drug-likeness (QED) is 0.116. The molecule has 1 aromatic rings. The summed E-state index contributed by atoms with van der Waals surface area (Å²) in [5.41, 5.74) is 0.801. The second-order valence-corrected chi connectivity index (χ2v) is 7.73. The van der Waals surface area contributed by atoms with Gasteiger partial charge >= 0.3 is 5.97 Å². The lowest BCUT2D eigenvalue weighted by molar-refractivity contribution is -0.141. The highest BCUT2D eigenvalue weighted by atomic mass is 127. The number of aromatic nitrogens is 3. The number of ether oxygens (including phenoxy) is 1. The van der Waals surface area contributed by atoms with Gasteiger partial charge in [-0.05, 0) is 43.0 Å². The van der Waals surface area contributed by atoms with Crippen molar-refractivity contribution in [3.8, 4) is 0 Å². The van der Waals surface area contributed by atoms with E-state index in [0.717, 1.165) is 38.4 Å². The number of halogens is 1. The Hall–Kier alpha value is -0.860. The lowest BCUT2D eigenvalue weighted by atomic mass is 10.3. The molecule has 0 radical (unpaired) electrons. The van der Waals surface area contributed by atoms with Gasteiger partial charge in [-0.2, -0.15) is 0 Å². The van der Waals surface area contributed by atoms with Crippen LogP contribution in [-0.4, -0.2) is 104 Å². The fourth-order valence-corrected chi connectivity index (χ4v) is 3.15. The Bertz CT molecular complexity index is 572. The molecule has 1 unspecified atom stereocenters. The van der Waals surface area contributed by atoms with Gasteiger partial charge in [-0.25, -0.2) is 4.68 Å². The number of nitrogens with zero attached hydrogens (tertiary/aromatic N) is 5. The summed E-state index contributed by atoms with van der Waals surface area (Å²) in [7, 11) is 0. The van der Waals surface area contributed by atoms with Gasteiger partial charge in [-0.1, -0.05) is 12.1 Å². The van der Waals surface area contributed by atoms with E-state index in [1.54, 1.807) is 20.0 Å². The summed E-state index contributed by atoms with van der Waals surface area (Å²) in [6.45, 7) is 11.5. The number of alkyl halides is 1. The molecule has 29 heavy (non-hydrogen) atoms. The lowest BCUT2D eigenvalue weighted by Gasteiger charge is -2.27.